The summed E-state index contributed by atoms with van der Waals surface area (Å²) in [7, 11) is 0. The van der Waals surface area contributed by atoms with Gasteiger partial charge < -0.3 is 10.6 Å². The van der Waals surface area contributed by atoms with Crippen LogP contribution < -0.4 is 10.6 Å². The molecule has 3 aromatic rings. The van der Waals surface area contributed by atoms with Gasteiger partial charge in [-0.3, -0.25) is 4.79 Å². The van der Waals surface area contributed by atoms with Crippen LogP contribution in [0.3, 0.4) is 0 Å². The minimum atomic E-state index is -0.194. The minimum Gasteiger partial charge on any atom is -0.338 e. The fraction of sp³-hybridized carbons (Fsp3) is 0.0625. The van der Waals surface area contributed by atoms with Crippen molar-refractivity contribution in [2.45, 2.75) is 6.92 Å². The summed E-state index contributed by atoms with van der Waals surface area (Å²) in [4.78, 5) is 12.6. The normalized spacial score (nSPS) is 10.3. The molecule has 23 heavy (non-hydrogen) atoms. The maximum absolute atomic E-state index is 11.9. The fourth-order valence-electron chi connectivity index (χ4n) is 1.92. The number of carbonyl (C=O) groups is 1. The van der Waals surface area contributed by atoms with Gasteiger partial charge in [0.05, 0.1) is 4.88 Å². The van der Waals surface area contributed by atoms with Crippen LogP contribution in [0.5, 0.6) is 0 Å². The van der Waals surface area contributed by atoms with Crippen molar-refractivity contribution in [1.82, 2.24) is 10.2 Å². The van der Waals surface area contributed by atoms with Crippen LogP contribution in [0.2, 0.25) is 5.02 Å². The van der Waals surface area contributed by atoms with Crippen molar-refractivity contribution in [2.24, 2.45) is 0 Å². The predicted molar refractivity (Wildman–Crippen MR) is 93.8 cm³/mol. The lowest BCUT2D eigenvalue weighted by atomic mass is 10.2. The predicted octanol–water partition coefficient (Wildman–Crippen LogP) is 4.50. The van der Waals surface area contributed by atoms with E-state index in [-0.39, 0.29) is 5.91 Å². The number of nitrogens with zero attached hydrogens (tertiary/aromatic N) is 2. The van der Waals surface area contributed by atoms with E-state index in [4.69, 9.17) is 11.6 Å². The summed E-state index contributed by atoms with van der Waals surface area (Å²) in [6, 6.07) is 12.6. The smallest absolute Gasteiger partial charge is 0.266 e. The highest BCUT2D eigenvalue weighted by Gasteiger charge is 2.08. The zero-order valence-electron chi connectivity index (χ0n) is 12.2. The summed E-state index contributed by atoms with van der Waals surface area (Å²) in [5, 5.41) is 16.4. The second-order valence-electron chi connectivity index (χ2n) is 4.82. The van der Waals surface area contributed by atoms with Crippen LogP contribution in [-0.2, 0) is 0 Å². The van der Waals surface area contributed by atoms with Crippen LogP contribution in [-0.4, -0.2) is 16.1 Å². The quantitative estimate of drug-likeness (QED) is 0.731. The van der Waals surface area contributed by atoms with Crippen molar-refractivity contribution < 1.29 is 4.79 Å². The largest absolute Gasteiger partial charge is 0.338 e. The standard InChI is InChI=1S/C16H13ClN4OS/c1-10-4-5-11(17)9-12(10)18-14-6-7-15(21-20-14)19-16(22)13-3-2-8-23-13/h2-9H,1H3,(H,18,20)(H,19,21,22). The third-order valence-electron chi connectivity index (χ3n) is 3.11. The lowest BCUT2D eigenvalue weighted by Gasteiger charge is -2.09. The molecule has 0 saturated heterocycles. The van der Waals surface area contributed by atoms with Gasteiger partial charge in [0.1, 0.15) is 0 Å². The van der Waals surface area contributed by atoms with Crippen molar-refractivity contribution in [3.8, 4) is 0 Å². The first kappa shape index (κ1) is 15.5. The van der Waals surface area contributed by atoms with Gasteiger partial charge in [0.2, 0.25) is 0 Å². The summed E-state index contributed by atoms with van der Waals surface area (Å²) in [5.74, 6) is 0.780. The fourth-order valence-corrected chi connectivity index (χ4v) is 2.71. The second-order valence-corrected chi connectivity index (χ2v) is 6.20. The van der Waals surface area contributed by atoms with E-state index in [1.54, 1.807) is 18.2 Å². The Hall–Kier alpha value is -2.44. The monoisotopic (exact) mass is 344 g/mol. The van der Waals surface area contributed by atoms with E-state index in [0.29, 0.717) is 21.5 Å². The zero-order valence-corrected chi connectivity index (χ0v) is 13.8. The van der Waals surface area contributed by atoms with Gasteiger partial charge in [-0.1, -0.05) is 23.7 Å². The molecule has 0 bridgehead atoms. The molecule has 0 aliphatic rings. The number of hydrogen-bond donors (Lipinski definition) is 2. The first-order chi connectivity index (χ1) is 11.1. The summed E-state index contributed by atoms with van der Waals surface area (Å²) >= 11 is 7.36. The number of thiophene rings is 1. The number of amides is 1. The van der Waals surface area contributed by atoms with Gasteiger partial charge in [-0.05, 0) is 48.2 Å². The third kappa shape index (κ3) is 3.85. The first-order valence-corrected chi connectivity index (χ1v) is 8.09. The van der Waals surface area contributed by atoms with Crippen LogP contribution in [0, 0.1) is 6.92 Å². The average Bonchev–Trinajstić information content (AvgIpc) is 3.07. The van der Waals surface area contributed by atoms with Gasteiger partial charge >= 0.3 is 0 Å². The Morgan fingerprint density at radius 3 is 2.61 bits per heavy atom. The molecule has 1 amide bonds. The van der Waals surface area contributed by atoms with E-state index in [9.17, 15) is 4.79 Å². The van der Waals surface area contributed by atoms with Gasteiger partial charge in [-0.2, -0.15) is 0 Å². The number of anilines is 3. The van der Waals surface area contributed by atoms with Crippen LogP contribution in [0.25, 0.3) is 0 Å². The number of rotatable bonds is 4. The van der Waals surface area contributed by atoms with E-state index in [2.05, 4.69) is 20.8 Å². The van der Waals surface area contributed by atoms with Crippen molar-refractivity contribution in [1.29, 1.82) is 0 Å². The molecule has 0 radical (unpaired) electrons. The topological polar surface area (TPSA) is 66.9 Å². The molecule has 0 aliphatic carbocycles. The maximum Gasteiger partial charge on any atom is 0.266 e. The molecule has 2 heterocycles. The second kappa shape index (κ2) is 6.76. The molecule has 2 N–H and O–H groups in total. The molecule has 5 nitrogen and oxygen atoms in total. The number of aryl methyl sites for hydroxylation is 1. The minimum absolute atomic E-state index is 0.194. The molecule has 1 aromatic carbocycles. The summed E-state index contributed by atoms with van der Waals surface area (Å²) < 4.78 is 0. The molecule has 0 unspecified atom stereocenters. The van der Waals surface area contributed by atoms with Crippen LogP contribution in [0.1, 0.15) is 15.2 Å². The Morgan fingerprint density at radius 2 is 1.91 bits per heavy atom. The maximum atomic E-state index is 11.9. The van der Waals surface area contributed by atoms with E-state index in [0.717, 1.165) is 11.3 Å². The number of nitrogens with one attached hydrogen (secondary N) is 2. The van der Waals surface area contributed by atoms with E-state index in [1.165, 1.54) is 11.3 Å². The number of hydrogen-bond acceptors (Lipinski definition) is 5. The zero-order chi connectivity index (χ0) is 16.2. The van der Waals surface area contributed by atoms with Crippen LogP contribution in [0.4, 0.5) is 17.3 Å². The van der Waals surface area contributed by atoms with Crippen molar-refractivity contribution in [3.63, 3.8) is 0 Å². The van der Waals surface area contributed by atoms with E-state index in [1.807, 2.05) is 36.6 Å². The number of halogens is 1. The Kier molecular flexibility index (Phi) is 4.55. The summed E-state index contributed by atoms with van der Waals surface area (Å²) in [6.07, 6.45) is 0. The SMILES string of the molecule is Cc1ccc(Cl)cc1Nc1ccc(NC(=O)c2cccs2)nn1. The van der Waals surface area contributed by atoms with E-state index < -0.39 is 0 Å². The van der Waals surface area contributed by atoms with Gasteiger partial charge in [0.25, 0.3) is 5.91 Å². The first-order valence-electron chi connectivity index (χ1n) is 6.83. The molecule has 116 valence electrons. The van der Waals surface area contributed by atoms with Crippen molar-refractivity contribution >= 4 is 46.2 Å². The lowest BCUT2D eigenvalue weighted by molar-refractivity contribution is 0.103. The van der Waals surface area contributed by atoms with Gasteiger partial charge in [0, 0.05) is 10.7 Å². The molecule has 0 spiro atoms. The van der Waals surface area contributed by atoms with Crippen molar-refractivity contribution in [3.05, 3.63) is 63.3 Å². The number of aromatic nitrogens is 2. The average molecular weight is 345 g/mol. The molecule has 3 rings (SSSR count). The van der Waals surface area contributed by atoms with E-state index >= 15 is 0 Å². The lowest BCUT2D eigenvalue weighted by Crippen LogP contribution is -2.12. The van der Waals surface area contributed by atoms with Crippen LogP contribution in [0.15, 0.2) is 47.8 Å². The molecular weight excluding hydrogens is 332 g/mol. The highest BCUT2D eigenvalue weighted by molar-refractivity contribution is 7.12. The molecule has 7 heteroatoms. The molecule has 0 saturated carbocycles. The van der Waals surface area contributed by atoms with Gasteiger partial charge in [0.15, 0.2) is 11.6 Å². The number of carbonyl (C=O) groups excluding carboxylic acids is 1. The van der Waals surface area contributed by atoms with Crippen LogP contribution >= 0.6 is 22.9 Å². The highest BCUT2D eigenvalue weighted by atomic mass is 35.5. The Bertz CT molecular complexity index is 819. The Morgan fingerprint density at radius 1 is 1.13 bits per heavy atom. The van der Waals surface area contributed by atoms with Gasteiger partial charge in [-0.15, -0.1) is 21.5 Å². The molecule has 0 aliphatic heterocycles. The molecular formula is C16H13ClN4OS. The summed E-state index contributed by atoms with van der Waals surface area (Å²) in [6.45, 7) is 1.97. The molecule has 0 atom stereocenters. The Labute approximate surface area is 142 Å². The van der Waals surface area contributed by atoms with Gasteiger partial charge in [-0.25, -0.2) is 0 Å². The molecule has 2 aromatic heterocycles. The highest BCUT2D eigenvalue weighted by Crippen LogP contribution is 2.23. The Balaban J connectivity index is 1.70. The van der Waals surface area contributed by atoms with Crippen molar-refractivity contribution in [2.75, 3.05) is 10.6 Å². The number of benzene rings is 1. The summed E-state index contributed by atoms with van der Waals surface area (Å²) in [5.41, 5.74) is 1.91. The third-order valence-corrected chi connectivity index (χ3v) is 4.22. The molecule has 0 fully saturated rings.